The Kier molecular flexibility index (Phi) is 3.42. The summed E-state index contributed by atoms with van der Waals surface area (Å²) in [6.07, 6.45) is 0.397. The molecule has 0 aliphatic carbocycles. The molecule has 0 N–H and O–H groups in total. The first-order valence-electron chi connectivity index (χ1n) is 5.81. The zero-order chi connectivity index (χ0) is 12.3. The SMILES string of the molecule is CCOC(=O)N1N=C(c2ccccc2)CC1C. The van der Waals surface area contributed by atoms with E-state index in [1.807, 2.05) is 37.3 Å². The van der Waals surface area contributed by atoms with Gasteiger partial charge in [-0.2, -0.15) is 10.1 Å². The lowest BCUT2D eigenvalue weighted by molar-refractivity contribution is 0.100. The lowest BCUT2D eigenvalue weighted by Crippen LogP contribution is -2.30. The molecule has 4 heteroatoms. The highest BCUT2D eigenvalue weighted by Gasteiger charge is 2.29. The van der Waals surface area contributed by atoms with Crippen molar-refractivity contribution in [2.24, 2.45) is 5.10 Å². The van der Waals surface area contributed by atoms with Crippen molar-refractivity contribution in [1.29, 1.82) is 0 Å². The fraction of sp³-hybridized carbons (Fsp3) is 0.385. The van der Waals surface area contributed by atoms with Crippen LogP contribution in [0.2, 0.25) is 0 Å². The summed E-state index contributed by atoms with van der Waals surface area (Å²) in [6.45, 7) is 4.13. The molecule has 1 atom stereocenters. The molecule has 1 heterocycles. The smallest absolute Gasteiger partial charge is 0.430 e. The van der Waals surface area contributed by atoms with Gasteiger partial charge in [-0.25, -0.2) is 4.79 Å². The highest BCUT2D eigenvalue weighted by molar-refractivity contribution is 6.02. The molecular formula is C13H16N2O2. The van der Waals surface area contributed by atoms with Gasteiger partial charge in [0.05, 0.1) is 18.4 Å². The van der Waals surface area contributed by atoms with E-state index in [0.29, 0.717) is 6.61 Å². The van der Waals surface area contributed by atoms with Crippen molar-refractivity contribution in [3.8, 4) is 0 Å². The van der Waals surface area contributed by atoms with Gasteiger partial charge in [-0.05, 0) is 19.4 Å². The first kappa shape index (κ1) is 11.6. The van der Waals surface area contributed by atoms with E-state index in [9.17, 15) is 4.79 Å². The monoisotopic (exact) mass is 232 g/mol. The van der Waals surface area contributed by atoms with Crippen molar-refractivity contribution >= 4 is 11.8 Å². The molecule has 1 aliphatic rings. The van der Waals surface area contributed by atoms with Crippen LogP contribution in [0.3, 0.4) is 0 Å². The van der Waals surface area contributed by atoms with Gasteiger partial charge in [0.2, 0.25) is 0 Å². The van der Waals surface area contributed by atoms with Gasteiger partial charge in [0, 0.05) is 6.42 Å². The Morgan fingerprint density at radius 3 is 2.82 bits per heavy atom. The third kappa shape index (κ3) is 2.46. The first-order chi connectivity index (χ1) is 8.22. The Hall–Kier alpha value is -1.84. The zero-order valence-electron chi connectivity index (χ0n) is 10.1. The van der Waals surface area contributed by atoms with Crippen LogP contribution in [-0.4, -0.2) is 29.5 Å². The van der Waals surface area contributed by atoms with E-state index in [0.717, 1.165) is 17.7 Å². The number of hydrogen-bond donors (Lipinski definition) is 0. The molecule has 1 aromatic rings. The number of hydrogen-bond acceptors (Lipinski definition) is 3. The van der Waals surface area contributed by atoms with Crippen LogP contribution in [0.4, 0.5) is 4.79 Å². The number of benzene rings is 1. The second-order valence-electron chi connectivity index (χ2n) is 4.01. The van der Waals surface area contributed by atoms with Crippen LogP contribution in [0.25, 0.3) is 0 Å². The van der Waals surface area contributed by atoms with Crippen LogP contribution in [0.5, 0.6) is 0 Å². The van der Waals surface area contributed by atoms with Gasteiger partial charge in [0.25, 0.3) is 0 Å². The Morgan fingerprint density at radius 2 is 2.18 bits per heavy atom. The molecule has 4 nitrogen and oxygen atoms in total. The van der Waals surface area contributed by atoms with Gasteiger partial charge in [-0.3, -0.25) is 0 Å². The molecule has 0 bridgehead atoms. The fourth-order valence-electron chi connectivity index (χ4n) is 1.85. The average Bonchev–Trinajstić information content (AvgIpc) is 2.73. The molecule has 90 valence electrons. The largest absolute Gasteiger partial charge is 0.448 e. The van der Waals surface area contributed by atoms with E-state index in [-0.39, 0.29) is 12.1 Å². The summed E-state index contributed by atoms with van der Waals surface area (Å²) in [6, 6.07) is 9.96. The first-order valence-corrected chi connectivity index (χ1v) is 5.81. The minimum Gasteiger partial charge on any atom is -0.448 e. The van der Waals surface area contributed by atoms with Gasteiger partial charge in [-0.15, -0.1) is 0 Å². The summed E-state index contributed by atoms with van der Waals surface area (Å²) < 4.78 is 4.96. The Labute approximate surface area is 101 Å². The van der Waals surface area contributed by atoms with Crippen LogP contribution in [0.1, 0.15) is 25.8 Å². The number of carbonyl (C=O) groups excluding carboxylic acids is 1. The van der Waals surface area contributed by atoms with Gasteiger partial charge in [0.1, 0.15) is 0 Å². The van der Waals surface area contributed by atoms with Crippen LogP contribution >= 0.6 is 0 Å². The van der Waals surface area contributed by atoms with Gasteiger partial charge in [0.15, 0.2) is 0 Å². The summed E-state index contributed by atoms with van der Waals surface area (Å²) in [5.41, 5.74) is 2.00. The highest BCUT2D eigenvalue weighted by Crippen LogP contribution is 2.20. The summed E-state index contributed by atoms with van der Waals surface area (Å²) in [4.78, 5) is 11.6. The Balaban J connectivity index is 2.17. The maximum atomic E-state index is 11.6. The van der Waals surface area contributed by atoms with Crippen molar-refractivity contribution < 1.29 is 9.53 Å². The van der Waals surface area contributed by atoms with Gasteiger partial charge < -0.3 is 4.74 Å². The second kappa shape index (κ2) is 4.99. The van der Waals surface area contributed by atoms with E-state index in [1.54, 1.807) is 6.92 Å². The molecular weight excluding hydrogens is 216 g/mol. The molecule has 1 aliphatic heterocycles. The minimum absolute atomic E-state index is 0.0595. The molecule has 0 spiro atoms. The minimum atomic E-state index is -0.370. The molecule has 0 fully saturated rings. The lowest BCUT2D eigenvalue weighted by Gasteiger charge is -2.16. The van der Waals surface area contributed by atoms with Crippen molar-refractivity contribution in [3.05, 3.63) is 35.9 Å². The molecule has 17 heavy (non-hydrogen) atoms. The van der Waals surface area contributed by atoms with Gasteiger partial charge in [-0.1, -0.05) is 30.3 Å². The number of amides is 1. The standard InChI is InChI=1S/C13H16N2O2/c1-3-17-13(16)15-10(2)9-12(14-15)11-7-5-4-6-8-11/h4-8,10H,3,9H2,1-2H3. The molecule has 2 rings (SSSR count). The van der Waals surface area contributed by atoms with E-state index in [1.165, 1.54) is 5.01 Å². The summed E-state index contributed by atoms with van der Waals surface area (Å²) >= 11 is 0. The zero-order valence-corrected chi connectivity index (χ0v) is 10.1. The van der Waals surface area contributed by atoms with E-state index in [4.69, 9.17) is 4.74 Å². The average molecular weight is 232 g/mol. The molecule has 1 aromatic carbocycles. The molecule has 1 unspecified atom stereocenters. The van der Waals surface area contributed by atoms with Crippen LogP contribution in [-0.2, 0) is 4.74 Å². The predicted octanol–water partition coefficient (Wildman–Crippen LogP) is 2.64. The van der Waals surface area contributed by atoms with Crippen LogP contribution in [0, 0.1) is 0 Å². The Morgan fingerprint density at radius 1 is 1.47 bits per heavy atom. The summed E-state index contributed by atoms with van der Waals surface area (Å²) in [5, 5.41) is 5.76. The second-order valence-corrected chi connectivity index (χ2v) is 4.01. The quantitative estimate of drug-likeness (QED) is 0.786. The predicted molar refractivity (Wildman–Crippen MR) is 65.9 cm³/mol. The number of carbonyl (C=O) groups is 1. The van der Waals surface area contributed by atoms with Crippen molar-refractivity contribution in [2.45, 2.75) is 26.3 Å². The van der Waals surface area contributed by atoms with Gasteiger partial charge >= 0.3 is 6.09 Å². The maximum Gasteiger partial charge on any atom is 0.430 e. The topological polar surface area (TPSA) is 41.9 Å². The van der Waals surface area contributed by atoms with Crippen molar-refractivity contribution in [1.82, 2.24) is 5.01 Å². The van der Waals surface area contributed by atoms with Crippen molar-refractivity contribution in [2.75, 3.05) is 6.61 Å². The van der Waals surface area contributed by atoms with Crippen LogP contribution < -0.4 is 0 Å². The third-order valence-corrected chi connectivity index (χ3v) is 2.70. The maximum absolute atomic E-state index is 11.6. The number of hydrazone groups is 1. The molecule has 1 amide bonds. The molecule has 0 radical (unpaired) electrons. The molecule has 0 saturated heterocycles. The normalized spacial score (nSPS) is 19.1. The van der Waals surface area contributed by atoms with E-state index >= 15 is 0 Å². The fourth-order valence-corrected chi connectivity index (χ4v) is 1.85. The van der Waals surface area contributed by atoms with E-state index < -0.39 is 0 Å². The number of nitrogens with zero attached hydrogens (tertiary/aromatic N) is 2. The lowest BCUT2D eigenvalue weighted by atomic mass is 10.1. The van der Waals surface area contributed by atoms with Crippen LogP contribution in [0.15, 0.2) is 35.4 Å². The highest BCUT2D eigenvalue weighted by atomic mass is 16.6. The Bertz CT molecular complexity index is 428. The number of ether oxygens (including phenoxy) is 1. The third-order valence-electron chi connectivity index (χ3n) is 2.70. The molecule has 0 aromatic heterocycles. The van der Waals surface area contributed by atoms with Crippen molar-refractivity contribution in [3.63, 3.8) is 0 Å². The number of rotatable bonds is 2. The summed E-state index contributed by atoms with van der Waals surface area (Å²) in [5.74, 6) is 0. The van der Waals surface area contributed by atoms with E-state index in [2.05, 4.69) is 5.10 Å². The summed E-state index contributed by atoms with van der Waals surface area (Å²) in [7, 11) is 0. The molecule has 0 saturated carbocycles.